The van der Waals surface area contributed by atoms with Gasteiger partial charge in [-0.1, -0.05) is 32.0 Å². The zero-order valence-corrected chi connectivity index (χ0v) is 9.73. The van der Waals surface area contributed by atoms with Crippen molar-refractivity contribution in [2.24, 2.45) is 0 Å². The van der Waals surface area contributed by atoms with Crippen LogP contribution in [0.15, 0.2) is 30.3 Å². The molecule has 0 aliphatic rings. The molecular formula is C12H17N3. The van der Waals surface area contributed by atoms with E-state index in [0.29, 0.717) is 0 Å². The molecule has 0 fully saturated rings. The average Bonchev–Trinajstić information content (AvgIpc) is 2.63. The van der Waals surface area contributed by atoms with Gasteiger partial charge in [-0.2, -0.15) is 15.0 Å². The standard InChI is InChI=1S/C10H11N3.C2H6/c1-8-9(2)12-13(11-8)10-6-4-3-5-7-10;1-2/h3-7H,1-2H3;1-2H3. The van der Waals surface area contributed by atoms with Crippen LogP contribution in [0.4, 0.5) is 0 Å². The smallest absolute Gasteiger partial charge is 0.0856 e. The van der Waals surface area contributed by atoms with Gasteiger partial charge in [-0.25, -0.2) is 0 Å². The van der Waals surface area contributed by atoms with Gasteiger partial charge in [0.25, 0.3) is 0 Å². The van der Waals surface area contributed by atoms with Gasteiger partial charge in [-0.3, -0.25) is 0 Å². The number of para-hydroxylation sites is 1. The molecule has 15 heavy (non-hydrogen) atoms. The topological polar surface area (TPSA) is 30.7 Å². The van der Waals surface area contributed by atoms with Gasteiger partial charge in [0.2, 0.25) is 0 Å². The Bertz CT molecular complexity index is 385. The fraction of sp³-hybridized carbons (Fsp3) is 0.333. The summed E-state index contributed by atoms with van der Waals surface area (Å²) in [6.07, 6.45) is 0. The van der Waals surface area contributed by atoms with Crippen molar-refractivity contribution in [1.82, 2.24) is 15.0 Å². The Morgan fingerprint density at radius 3 is 1.80 bits per heavy atom. The lowest BCUT2D eigenvalue weighted by molar-refractivity contribution is 0.741. The number of rotatable bonds is 1. The van der Waals surface area contributed by atoms with Crippen LogP contribution < -0.4 is 0 Å². The van der Waals surface area contributed by atoms with Crippen LogP contribution >= 0.6 is 0 Å². The molecule has 1 aromatic heterocycles. The van der Waals surface area contributed by atoms with Gasteiger partial charge in [0.15, 0.2) is 0 Å². The minimum absolute atomic E-state index is 0.976. The van der Waals surface area contributed by atoms with Crippen molar-refractivity contribution < 1.29 is 0 Å². The molecule has 0 aliphatic carbocycles. The summed E-state index contributed by atoms with van der Waals surface area (Å²) in [5, 5.41) is 8.57. The number of hydrogen-bond acceptors (Lipinski definition) is 2. The molecule has 0 aliphatic heterocycles. The van der Waals surface area contributed by atoms with Crippen LogP contribution in [0, 0.1) is 13.8 Å². The van der Waals surface area contributed by atoms with Crippen LogP contribution in [-0.2, 0) is 0 Å². The van der Waals surface area contributed by atoms with Gasteiger partial charge in [0.05, 0.1) is 17.1 Å². The Morgan fingerprint density at radius 1 is 0.867 bits per heavy atom. The van der Waals surface area contributed by atoms with Crippen molar-refractivity contribution in [3.63, 3.8) is 0 Å². The Morgan fingerprint density at radius 2 is 1.33 bits per heavy atom. The first-order valence-electron chi connectivity index (χ1n) is 5.23. The lowest BCUT2D eigenvalue weighted by Crippen LogP contribution is -1.97. The van der Waals surface area contributed by atoms with E-state index in [-0.39, 0.29) is 0 Å². The van der Waals surface area contributed by atoms with Crippen molar-refractivity contribution in [2.45, 2.75) is 27.7 Å². The maximum Gasteiger partial charge on any atom is 0.0856 e. The van der Waals surface area contributed by atoms with Crippen molar-refractivity contribution in [3.8, 4) is 5.69 Å². The third kappa shape index (κ3) is 2.65. The Labute approximate surface area is 90.7 Å². The van der Waals surface area contributed by atoms with E-state index in [1.165, 1.54) is 0 Å². The second-order valence-corrected chi connectivity index (χ2v) is 3.00. The molecular weight excluding hydrogens is 186 g/mol. The molecule has 0 radical (unpaired) electrons. The number of hydrogen-bond donors (Lipinski definition) is 0. The molecule has 0 N–H and O–H groups in total. The van der Waals surface area contributed by atoms with E-state index in [9.17, 15) is 0 Å². The first kappa shape index (κ1) is 11.4. The molecule has 3 nitrogen and oxygen atoms in total. The summed E-state index contributed by atoms with van der Waals surface area (Å²) in [5.41, 5.74) is 2.95. The second-order valence-electron chi connectivity index (χ2n) is 3.00. The Hall–Kier alpha value is -1.64. The SMILES string of the molecule is CC.Cc1nn(-c2ccccc2)nc1C. The summed E-state index contributed by atoms with van der Waals surface area (Å²) in [7, 11) is 0. The van der Waals surface area contributed by atoms with E-state index in [4.69, 9.17) is 0 Å². The predicted molar refractivity (Wildman–Crippen MR) is 62.2 cm³/mol. The number of aryl methyl sites for hydroxylation is 2. The summed E-state index contributed by atoms with van der Waals surface area (Å²) in [5.74, 6) is 0. The van der Waals surface area contributed by atoms with Crippen LogP contribution in [0.25, 0.3) is 5.69 Å². The largest absolute Gasteiger partial charge is 0.153 e. The molecule has 3 heteroatoms. The predicted octanol–water partition coefficient (Wildman–Crippen LogP) is 2.91. The molecule has 0 spiro atoms. The minimum Gasteiger partial charge on any atom is -0.153 e. The quantitative estimate of drug-likeness (QED) is 0.713. The molecule has 0 saturated carbocycles. The molecule has 2 rings (SSSR count). The van der Waals surface area contributed by atoms with Gasteiger partial charge in [0.1, 0.15) is 0 Å². The van der Waals surface area contributed by atoms with E-state index in [0.717, 1.165) is 17.1 Å². The first-order valence-corrected chi connectivity index (χ1v) is 5.23. The molecule has 1 aromatic carbocycles. The molecule has 0 unspecified atom stereocenters. The maximum atomic E-state index is 4.29. The van der Waals surface area contributed by atoms with Crippen LogP contribution in [0.2, 0.25) is 0 Å². The molecule has 1 heterocycles. The molecule has 2 aromatic rings. The van der Waals surface area contributed by atoms with Gasteiger partial charge < -0.3 is 0 Å². The number of benzene rings is 1. The fourth-order valence-electron chi connectivity index (χ4n) is 1.13. The van der Waals surface area contributed by atoms with Gasteiger partial charge in [-0.15, -0.1) is 0 Å². The molecule has 0 bridgehead atoms. The third-order valence-corrected chi connectivity index (χ3v) is 2.00. The van der Waals surface area contributed by atoms with Crippen LogP contribution in [0.5, 0.6) is 0 Å². The normalized spacial score (nSPS) is 9.33. The lowest BCUT2D eigenvalue weighted by Gasteiger charge is -1.96. The van der Waals surface area contributed by atoms with Crippen LogP contribution in [-0.4, -0.2) is 15.0 Å². The summed E-state index contributed by atoms with van der Waals surface area (Å²) >= 11 is 0. The third-order valence-electron chi connectivity index (χ3n) is 2.00. The second kappa shape index (κ2) is 5.29. The van der Waals surface area contributed by atoms with Gasteiger partial charge in [-0.05, 0) is 26.0 Å². The van der Waals surface area contributed by atoms with Crippen molar-refractivity contribution >= 4 is 0 Å². The zero-order valence-electron chi connectivity index (χ0n) is 9.73. The van der Waals surface area contributed by atoms with Crippen molar-refractivity contribution in [1.29, 1.82) is 0 Å². The summed E-state index contributed by atoms with van der Waals surface area (Å²) in [4.78, 5) is 1.66. The van der Waals surface area contributed by atoms with Crippen LogP contribution in [0.1, 0.15) is 25.2 Å². The van der Waals surface area contributed by atoms with Crippen molar-refractivity contribution in [2.75, 3.05) is 0 Å². The Kier molecular flexibility index (Phi) is 4.03. The highest BCUT2D eigenvalue weighted by Crippen LogP contribution is 2.06. The van der Waals surface area contributed by atoms with E-state index in [2.05, 4.69) is 10.2 Å². The van der Waals surface area contributed by atoms with E-state index in [1.54, 1.807) is 4.80 Å². The molecule has 0 saturated heterocycles. The number of nitrogens with zero attached hydrogens (tertiary/aromatic N) is 3. The maximum absolute atomic E-state index is 4.29. The molecule has 80 valence electrons. The van der Waals surface area contributed by atoms with Gasteiger partial charge in [0, 0.05) is 0 Å². The summed E-state index contributed by atoms with van der Waals surface area (Å²) in [6, 6.07) is 9.90. The number of aromatic nitrogens is 3. The van der Waals surface area contributed by atoms with E-state index >= 15 is 0 Å². The minimum atomic E-state index is 0.976. The summed E-state index contributed by atoms with van der Waals surface area (Å²) in [6.45, 7) is 7.92. The highest BCUT2D eigenvalue weighted by atomic mass is 15.5. The molecule has 0 amide bonds. The average molecular weight is 203 g/mol. The lowest BCUT2D eigenvalue weighted by atomic mass is 10.3. The zero-order chi connectivity index (χ0) is 11.3. The monoisotopic (exact) mass is 203 g/mol. The summed E-state index contributed by atoms with van der Waals surface area (Å²) < 4.78 is 0. The highest BCUT2D eigenvalue weighted by molar-refractivity contribution is 5.29. The van der Waals surface area contributed by atoms with Crippen LogP contribution in [0.3, 0.4) is 0 Å². The first-order chi connectivity index (χ1) is 7.27. The van der Waals surface area contributed by atoms with Crippen molar-refractivity contribution in [3.05, 3.63) is 41.7 Å². The van der Waals surface area contributed by atoms with E-state index in [1.807, 2.05) is 58.0 Å². The van der Waals surface area contributed by atoms with Gasteiger partial charge >= 0.3 is 0 Å². The highest BCUT2D eigenvalue weighted by Gasteiger charge is 2.02. The molecule has 0 atom stereocenters. The fourth-order valence-corrected chi connectivity index (χ4v) is 1.13. The Balaban J connectivity index is 0.000000531. The van der Waals surface area contributed by atoms with E-state index < -0.39 is 0 Å².